The minimum Gasteiger partial charge on any atom is -0.444 e. The Balaban J connectivity index is 1.30. The molecule has 2 aromatic rings. The Labute approximate surface area is 211 Å². The Kier molecular flexibility index (Phi) is 8.63. The molecule has 1 fully saturated rings. The van der Waals surface area contributed by atoms with Gasteiger partial charge in [-0.15, -0.1) is 11.6 Å². The number of hydrogen-bond donors (Lipinski definition) is 1. The summed E-state index contributed by atoms with van der Waals surface area (Å²) < 4.78 is 19.2. The molecule has 6 nitrogen and oxygen atoms in total. The molecule has 2 amide bonds. The molecule has 2 aliphatic rings. The van der Waals surface area contributed by atoms with Crippen LogP contribution in [0.25, 0.3) is 0 Å². The number of amides is 2. The molecule has 0 radical (unpaired) electrons. The first kappa shape index (κ1) is 25.5. The highest BCUT2D eigenvalue weighted by atomic mass is 35.5. The Morgan fingerprint density at radius 2 is 2.00 bits per heavy atom. The van der Waals surface area contributed by atoms with Crippen LogP contribution in [-0.4, -0.2) is 48.0 Å². The van der Waals surface area contributed by atoms with E-state index >= 15 is 0 Å². The number of nitrogens with zero attached hydrogens (tertiary/aromatic N) is 2. The Morgan fingerprint density at radius 3 is 2.77 bits per heavy atom. The third kappa shape index (κ3) is 6.53. The standard InChI is InChI=1S/C27H33ClFN3O3/c1-2-21(28)8-5-7-19-6-3-4-9-24(19)30-26(33)17-31-14-12-23(13-15-31)32-25-16-22(29)11-10-20(25)18-35-27(32)34/h3-4,6,9-11,16,21,23H,2,5,7-8,12-15,17-18H2,1H3,(H,30,33). The van der Waals surface area contributed by atoms with Gasteiger partial charge in [-0.1, -0.05) is 31.2 Å². The zero-order chi connectivity index (χ0) is 24.8. The first-order chi connectivity index (χ1) is 16.9. The normalized spacial score (nSPS) is 17.6. The van der Waals surface area contributed by atoms with Gasteiger partial charge < -0.3 is 10.1 Å². The summed E-state index contributed by atoms with van der Waals surface area (Å²) >= 11 is 6.24. The van der Waals surface area contributed by atoms with Crippen molar-refractivity contribution in [2.24, 2.45) is 0 Å². The van der Waals surface area contributed by atoms with Crippen molar-refractivity contribution in [1.29, 1.82) is 0 Å². The summed E-state index contributed by atoms with van der Waals surface area (Å²) in [4.78, 5) is 29.0. The second kappa shape index (κ2) is 11.9. The van der Waals surface area contributed by atoms with E-state index in [-0.39, 0.29) is 36.3 Å². The highest BCUT2D eigenvalue weighted by Gasteiger charge is 2.34. The quantitative estimate of drug-likeness (QED) is 0.446. The lowest BCUT2D eigenvalue weighted by Crippen LogP contribution is -2.50. The molecule has 35 heavy (non-hydrogen) atoms. The van der Waals surface area contributed by atoms with Gasteiger partial charge in [-0.25, -0.2) is 9.18 Å². The van der Waals surface area contributed by atoms with Crippen LogP contribution in [0.4, 0.5) is 20.6 Å². The summed E-state index contributed by atoms with van der Waals surface area (Å²) in [7, 11) is 0. The fourth-order valence-corrected chi connectivity index (χ4v) is 5.00. The maximum Gasteiger partial charge on any atom is 0.414 e. The van der Waals surface area contributed by atoms with Gasteiger partial charge in [0.2, 0.25) is 5.91 Å². The molecule has 1 unspecified atom stereocenters. The molecule has 1 atom stereocenters. The fraction of sp³-hybridized carbons (Fsp3) is 0.481. The number of halogens is 2. The average Bonchev–Trinajstić information content (AvgIpc) is 2.85. The van der Waals surface area contributed by atoms with Gasteiger partial charge in [0.25, 0.3) is 0 Å². The number of hydrogen-bond acceptors (Lipinski definition) is 4. The summed E-state index contributed by atoms with van der Waals surface area (Å²) in [6, 6.07) is 12.3. The minimum atomic E-state index is -0.435. The second-order valence-electron chi connectivity index (χ2n) is 9.31. The molecule has 0 bridgehead atoms. The molecule has 0 spiro atoms. The first-order valence-corrected chi connectivity index (χ1v) is 12.9. The van der Waals surface area contributed by atoms with Crippen molar-refractivity contribution >= 4 is 35.0 Å². The number of para-hydroxylation sites is 1. The molecule has 1 saturated heterocycles. The maximum absolute atomic E-state index is 13.9. The summed E-state index contributed by atoms with van der Waals surface area (Å²) in [6.45, 7) is 3.88. The van der Waals surface area contributed by atoms with Crippen molar-refractivity contribution < 1.29 is 18.7 Å². The van der Waals surface area contributed by atoms with Crippen molar-refractivity contribution in [3.05, 3.63) is 59.4 Å². The number of anilines is 2. The van der Waals surface area contributed by atoms with Crippen LogP contribution in [0.3, 0.4) is 0 Å². The molecule has 2 aliphatic heterocycles. The Bertz CT molecular complexity index is 1040. The van der Waals surface area contributed by atoms with Crippen molar-refractivity contribution in [1.82, 2.24) is 4.90 Å². The second-order valence-corrected chi connectivity index (χ2v) is 9.93. The lowest BCUT2D eigenvalue weighted by molar-refractivity contribution is -0.117. The van der Waals surface area contributed by atoms with Crippen LogP contribution in [0.1, 0.15) is 50.2 Å². The van der Waals surface area contributed by atoms with E-state index in [1.54, 1.807) is 11.0 Å². The van der Waals surface area contributed by atoms with Gasteiger partial charge in [0, 0.05) is 35.8 Å². The van der Waals surface area contributed by atoms with Gasteiger partial charge >= 0.3 is 6.09 Å². The summed E-state index contributed by atoms with van der Waals surface area (Å²) in [5.41, 5.74) is 3.37. The molecule has 0 saturated carbocycles. The zero-order valence-corrected chi connectivity index (χ0v) is 20.9. The molecule has 2 aromatic carbocycles. The zero-order valence-electron chi connectivity index (χ0n) is 20.1. The Morgan fingerprint density at radius 1 is 1.23 bits per heavy atom. The SMILES string of the molecule is CCC(Cl)CCCc1ccccc1NC(=O)CN1CCC(N2C(=O)OCc3ccc(F)cc32)CC1. The monoisotopic (exact) mass is 501 g/mol. The topological polar surface area (TPSA) is 61.9 Å². The van der Waals surface area contributed by atoms with Crippen LogP contribution in [0.2, 0.25) is 0 Å². The van der Waals surface area contributed by atoms with Crippen LogP contribution in [0.5, 0.6) is 0 Å². The van der Waals surface area contributed by atoms with E-state index in [9.17, 15) is 14.0 Å². The number of carbonyl (C=O) groups is 2. The van der Waals surface area contributed by atoms with Crippen LogP contribution in [0, 0.1) is 5.82 Å². The van der Waals surface area contributed by atoms with Gasteiger partial charge in [0.05, 0.1) is 12.2 Å². The lowest BCUT2D eigenvalue weighted by atomic mass is 10.0. The van der Waals surface area contributed by atoms with Crippen LogP contribution < -0.4 is 10.2 Å². The molecule has 8 heteroatoms. The van der Waals surface area contributed by atoms with E-state index < -0.39 is 6.09 Å². The summed E-state index contributed by atoms with van der Waals surface area (Å²) in [5, 5.41) is 3.26. The number of alkyl halides is 1. The fourth-order valence-electron chi connectivity index (χ4n) is 4.84. The van der Waals surface area contributed by atoms with Gasteiger partial charge in [-0.3, -0.25) is 14.6 Å². The average molecular weight is 502 g/mol. The maximum atomic E-state index is 13.9. The third-order valence-electron chi connectivity index (χ3n) is 6.84. The van der Waals surface area contributed by atoms with Crippen molar-refractivity contribution in [3.8, 4) is 0 Å². The molecular formula is C27H33ClFN3O3. The van der Waals surface area contributed by atoms with E-state index in [4.69, 9.17) is 16.3 Å². The number of cyclic esters (lactones) is 1. The van der Waals surface area contributed by atoms with E-state index in [0.717, 1.165) is 42.5 Å². The highest BCUT2D eigenvalue weighted by Crippen LogP contribution is 2.32. The van der Waals surface area contributed by atoms with Crippen molar-refractivity contribution in [3.63, 3.8) is 0 Å². The number of nitrogens with one attached hydrogen (secondary N) is 1. The van der Waals surface area contributed by atoms with E-state index in [2.05, 4.69) is 23.2 Å². The predicted octanol–water partition coefficient (Wildman–Crippen LogP) is 5.73. The van der Waals surface area contributed by atoms with Crippen molar-refractivity contribution in [2.75, 3.05) is 29.9 Å². The Hall–Kier alpha value is -2.64. The smallest absolute Gasteiger partial charge is 0.414 e. The van der Waals surface area contributed by atoms with Gasteiger partial charge in [-0.2, -0.15) is 0 Å². The number of benzene rings is 2. The summed E-state index contributed by atoms with van der Waals surface area (Å²) in [6.07, 6.45) is 4.71. The number of ether oxygens (including phenoxy) is 1. The number of piperidine rings is 1. The van der Waals surface area contributed by atoms with Gasteiger partial charge in [-0.05, 0) is 62.3 Å². The molecule has 0 aliphatic carbocycles. The number of carbonyl (C=O) groups excluding carboxylic acids is 2. The highest BCUT2D eigenvalue weighted by molar-refractivity contribution is 6.20. The molecule has 1 N–H and O–H groups in total. The third-order valence-corrected chi connectivity index (χ3v) is 7.37. The molecule has 4 rings (SSSR count). The van der Waals surface area contributed by atoms with Crippen LogP contribution in [-0.2, 0) is 22.6 Å². The lowest BCUT2D eigenvalue weighted by Gasteiger charge is -2.40. The van der Waals surface area contributed by atoms with Crippen LogP contribution in [0.15, 0.2) is 42.5 Å². The molecule has 2 heterocycles. The number of likely N-dealkylation sites (tertiary alicyclic amines) is 1. The number of fused-ring (bicyclic) bond motifs is 1. The number of aryl methyl sites for hydroxylation is 1. The van der Waals surface area contributed by atoms with E-state index in [0.29, 0.717) is 31.6 Å². The van der Waals surface area contributed by atoms with Gasteiger partial charge in [0.1, 0.15) is 12.4 Å². The predicted molar refractivity (Wildman–Crippen MR) is 136 cm³/mol. The van der Waals surface area contributed by atoms with E-state index in [1.165, 1.54) is 12.1 Å². The largest absolute Gasteiger partial charge is 0.444 e. The minimum absolute atomic E-state index is 0.0514. The van der Waals surface area contributed by atoms with Crippen molar-refractivity contribution in [2.45, 2.75) is 63.5 Å². The van der Waals surface area contributed by atoms with Crippen LogP contribution >= 0.6 is 11.6 Å². The summed E-state index contributed by atoms with van der Waals surface area (Å²) in [5.74, 6) is -0.421. The first-order valence-electron chi connectivity index (χ1n) is 12.4. The van der Waals surface area contributed by atoms with E-state index in [1.807, 2.05) is 18.2 Å². The molecular weight excluding hydrogens is 469 g/mol. The number of rotatable bonds is 9. The molecule has 188 valence electrons. The molecule has 0 aromatic heterocycles. The van der Waals surface area contributed by atoms with Gasteiger partial charge in [0.15, 0.2) is 0 Å².